The third-order valence-electron chi connectivity index (χ3n) is 4.33. The van der Waals surface area contributed by atoms with E-state index in [4.69, 9.17) is 11.6 Å². The smallest absolute Gasteiger partial charge is 0.264 e. The summed E-state index contributed by atoms with van der Waals surface area (Å²) in [6.45, 7) is 1.95. The Morgan fingerprint density at radius 1 is 1.29 bits per heavy atom. The maximum atomic E-state index is 13.2. The van der Waals surface area contributed by atoms with Gasteiger partial charge in [-0.1, -0.05) is 53.2 Å². The normalized spacial score (nSPS) is 18.0. The van der Waals surface area contributed by atoms with Crippen LogP contribution in [0.4, 0.5) is 5.69 Å². The predicted molar refractivity (Wildman–Crippen MR) is 112 cm³/mol. The number of nitrogens with one attached hydrogen (secondary N) is 1. The van der Waals surface area contributed by atoms with Crippen LogP contribution in [0.2, 0.25) is 5.02 Å². The number of halogens is 1. The number of carbonyl (C=O) groups excluding carboxylic acids is 2. The van der Waals surface area contributed by atoms with Gasteiger partial charge in [0.1, 0.15) is 16.7 Å². The number of thioether (sulfide) groups is 1. The van der Waals surface area contributed by atoms with Gasteiger partial charge in [0.25, 0.3) is 5.91 Å². The van der Waals surface area contributed by atoms with Crippen molar-refractivity contribution in [2.45, 2.75) is 18.6 Å². The summed E-state index contributed by atoms with van der Waals surface area (Å²) in [4.78, 5) is 26.9. The predicted octanol–water partition coefficient (Wildman–Crippen LogP) is 3.82. The number of amides is 2. The van der Waals surface area contributed by atoms with Gasteiger partial charge in [-0.25, -0.2) is 0 Å². The average Bonchev–Trinajstić information content (AvgIpc) is 2.99. The van der Waals surface area contributed by atoms with Crippen molar-refractivity contribution in [3.63, 3.8) is 0 Å². The fourth-order valence-corrected chi connectivity index (χ4v) is 4.44. The largest absolute Gasteiger partial charge is 0.354 e. The molecule has 142 valence electrons. The first-order valence-electron chi connectivity index (χ1n) is 8.62. The quantitative estimate of drug-likeness (QED) is 0.613. The van der Waals surface area contributed by atoms with Crippen LogP contribution in [0.1, 0.15) is 11.1 Å². The van der Waals surface area contributed by atoms with E-state index in [0.717, 1.165) is 11.1 Å². The second-order valence-corrected chi connectivity index (χ2v) is 7.95. The molecule has 3 rings (SSSR count). The second-order valence-electron chi connectivity index (χ2n) is 6.32. The first kappa shape index (κ1) is 20.0. The molecule has 1 N–H and O–H groups in total. The van der Waals surface area contributed by atoms with E-state index in [0.29, 0.717) is 22.2 Å². The van der Waals surface area contributed by atoms with E-state index in [2.05, 4.69) is 5.32 Å². The average molecular weight is 412 g/mol. The van der Waals surface area contributed by atoms with E-state index in [9.17, 15) is 14.9 Å². The monoisotopic (exact) mass is 411 g/mol. The number of hydrogen-bond acceptors (Lipinski definition) is 4. The first-order chi connectivity index (χ1) is 13.4. The summed E-state index contributed by atoms with van der Waals surface area (Å²) >= 11 is 7.29. The number of rotatable bonds is 4. The Labute approximate surface area is 173 Å². The number of anilines is 1. The van der Waals surface area contributed by atoms with Crippen molar-refractivity contribution in [1.82, 2.24) is 5.32 Å². The van der Waals surface area contributed by atoms with E-state index < -0.39 is 11.2 Å². The van der Waals surface area contributed by atoms with Crippen molar-refractivity contribution in [2.24, 2.45) is 0 Å². The molecule has 1 fully saturated rings. The SMILES string of the molecule is CNC(=O)/C(C#N)=C1\S[C@@H](Cc2cccc(Cl)c2)C(=O)N1c1ccc(C)cc1. The zero-order chi connectivity index (χ0) is 20.3. The van der Waals surface area contributed by atoms with Crippen molar-refractivity contribution in [2.75, 3.05) is 11.9 Å². The van der Waals surface area contributed by atoms with Crippen LogP contribution in [0.3, 0.4) is 0 Å². The lowest BCUT2D eigenvalue weighted by molar-refractivity contribution is -0.117. The minimum Gasteiger partial charge on any atom is -0.354 e. The Kier molecular flexibility index (Phi) is 6.08. The Morgan fingerprint density at radius 3 is 2.61 bits per heavy atom. The van der Waals surface area contributed by atoms with Crippen molar-refractivity contribution < 1.29 is 9.59 Å². The standard InChI is InChI=1S/C21H18ClN3O2S/c1-13-6-8-16(9-7-13)25-20(27)18(11-14-4-3-5-15(22)10-14)28-21(25)17(12-23)19(26)24-2/h3-10,18H,11H2,1-2H3,(H,24,26)/b21-17-/t18-/m0/s1. The van der Waals surface area contributed by atoms with E-state index in [1.807, 2.05) is 55.5 Å². The highest BCUT2D eigenvalue weighted by molar-refractivity contribution is 8.05. The molecule has 0 bridgehead atoms. The molecule has 0 radical (unpaired) electrons. The zero-order valence-electron chi connectivity index (χ0n) is 15.4. The summed E-state index contributed by atoms with van der Waals surface area (Å²) in [7, 11) is 1.46. The number of likely N-dealkylation sites (N-methyl/N-ethyl adjacent to an activating group) is 1. The van der Waals surface area contributed by atoms with Crippen LogP contribution in [0.15, 0.2) is 59.1 Å². The molecule has 7 heteroatoms. The lowest BCUT2D eigenvalue weighted by Gasteiger charge is -2.18. The van der Waals surface area contributed by atoms with Crippen LogP contribution in [-0.2, 0) is 16.0 Å². The first-order valence-corrected chi connectivity index (χ1v) is 9.88. The number of carbonyl (C=O) groups is 2. The molecule has 2 aromatic rings. The Morgan fingerprint density at radius 2 is 2.00 bits per heavy atom. The topological polar surface area (TPSA) is 73.2 Å². The van der Waals surface area contributed by atoms with Gasteiger partial charge in [-0.05, 0) is 43.2 Å². The van der Waals surface area contributed by atoms with E-state index >= 15 is 0 Å². The van der Waals surface area contributed by atoms with Crippen LogP contribution >= 0.6 is 23.4 Å². The third kappa shape index (κ3) is 4.06. The molecule has 5 nitrogen and oxygen atoms in total. The minimum absolute atomic E-state index is 0.0741. The molecule has 1 heterocycles. The second kappa shape index (κ2) is 8.51. The van der Waals surface area contributed by atoms with Crippen molar-refractivity contribution in [3.8, 4) is 6.07 Å². The van der Waals surface area contributed by atoms with Gasteiger partial charge in [-0.15, -0.1) is 0 Å². The van der Waals surface area contributed by atoms with Crippen LogP contribution in [-0.4, -0.2) is 24.1 Å². The van der Waals surface area contributed by atoms with Gasteiger partial charge in [0.2, 0.25) is 5.91 Å². The van der Waals surface area contributed by atoms with Crippen molar-refractivity contribution >= 4 is 40.9 Å². The molecule has 0 unspecified atom stereocenters. The molecule has 0 aliphatic carbocycles. The molecule has 0 saturated carbocycles. The van der Waals surface area contributed by atoms with Crippen molar-refractivity contribution in [1.29, 1.82) is 5.26 Å². The Bertz CT molecular complexity index is 995. The molecular formula is C21H18ClN3O2S. The Balaban J connectivity index is 2.04. The molecule has 0 spiro atoms. The number of aryl methyl sites for hydroxylation is 1. The summed E-state index contributed by atoms with van der Waals surface area (Å²) in [5, 5.41) is 12.5. The molecule has 2 aromatic carbocycles. The highest BCUT2D eigenvalue weighted by Gasteiger charge is 2.40. The fourth-order valence-electron chi connectivity index (χ4n) is 2.92. The maximum absolute atomic E-state index is 13.2. The summed E-state index contributed by atoms with van der Waals surface area (Å²) in [6.07, 6.45) is 0.447. The van der Waals surface area contributed by atoms with Crippen LogP contribution in [0.25, 0.3) is 0 Å². The fraction of sp³-hybridized carbons (Fsp3) is 0.190. The molecule has 1 aliphatic rings. The molecule has 1 saturated heterocycles. The molecule has 28 heavy (non-hydrogen) atoms. The number of nitriles is 1. The van der Waals surface area contributed by atoms with Gasteiger partial charge < -0.3 is 5.32 Å². The van der Waals surface area contributed by atoms with E-state index in [1.54, 1.807) is 6.07 Å². The maximum Gasteiger partial charge on any atom is 0.264 e. The van der Waals surface area contributed by atoms with Crippen molar-refractivity contribution in [3.05, 3.63) is 75.3 Å². The van der Waals surface area contributed by atoms with E-state index in [1.165, 1.54) is 23.7 Å². The van der Waals surface area contributed by atoms with Gasteiger partial charge in [-0.3, -0.25) is 14.5 Å². The minimum atomic E-state index is -0.515. The van der Waals surface area contributed by atoms with Crippen LogP contribution in [0.5, 0.6) is 0 Å². The van der Waals surface area contributed by atoms with E-state index in [-0.39, 0.29) is 11.5 Å². The number of nitrogens with zero attached hydrogens (tertiary/aromatic N) is 2. The van der Waals surface area contributed by atoms with Gasteiger partial charge in [0.15, 0.2) is 0 Å². The highest BCUT2D eigenvalue weighted by Crippen LogP contribution is 2.42. The van der Waals surface area contributed by atoms with Gasteiger partial charge in [-0.2, -0.15) is 5.26 Å². The molecule has 0 aromatic heterocycles. The zero-order valence-corrected chi connectivity index (χ0v) is 17.0. The van der Waals surface area contributed by atoms with Gasteiger partial charge in [0, 0.05) is 17.8 Å². The summed E-state index contributed by atoms with van der Waals surface area (Å²) in [6, 6.07) is 16.7. The number of hydrogen-bond donors (Lipinski definition) is 1. The summed E-state index contributed by atoms with van der Waals surface area (Å²) < 4.78 is 0. The molecule has 1 atom stereocenters. The molecule has 1 aliphatic heterocycles. The summed E-state index contributed by atoms with van der Waals surface area (Å²) in [5.41, 5.74) is 2.52. The molecular weight excluding hydrogens is 394 g/mol. The van der Waals surface area contributed by atoms with Gasteiger partial charge >= 0.3 is 0 Å². The molecule has 2 amide bonds. The number of benzene rings is 2. The lowest BCUT2D eigenvalue weighted by Crippen LogP contribution is -2.31. The van der Waals surface area contributed by atoms with Gasteiger partial charge in [0.05, 0.1) is 5.25 Å². The third-order valence-corrected chi connectivity index (χ3v) is 5.83. The Hall–Kier alpha value is -2.75. The lowest BCUT2D eigenvalue weighted by atomic mass is 10.1. The highest BCUT2D eigenvalue weighted by atomic mass is 35.5. The van der Waals surface area contributed by atoms with Crippen LogP contribution in [0, 0.1) is 18.3 Å². The van der Waals surface area contributed by atoms with Crippen LogP contribution < -0.4 is 10.2 Å². The summed E-state index contributed by atoms with van der Waals surface area (Å²) in [5.74, 6) is -0.682.